The summed E-state index contributed by atoms with van der Waals surface area (Å²) in [6, 6.07) is 13.6. The highest BCUT2D eigenvalue weighted by Crippen LogP contribution is 2.33. The van der Waals surface area contributed by atoms with Crippen LogP contribution in [0.4, 0.5) is 5.69 Å². The van der Waals surface area contributed by atoms with Gasteiger partial charge < -0.3 is 4.90 Å². The average Bonchev–Trinajstić information content (AvgIpc) is 2.92. The number of fused-ring (bicyclic) bond motifs is 1. The van der Waals surface area contributed by atoms with Crippen molar-refractivity contribution < 1.29 is 0 Å². The summed E-state index contributed by atoms with van der Waals surface area (Å²) in [5.41, 5.74) is 2.52. The molecule has 1 aliphatic rings. The van der Waals surface area contributed by atoms with E-state index in [-0.39, 0.29) is 5.56 Å². The average molecular weight is 354 g/mol. The van der Waals surface area contributed by atoms with Gasteiger partial charge in [0, 0.05) is 29.7 Å². The van der Waals surface area contributed by atoms with Crippen molar-refractivity contribution in [3.05, 3.63) is 57.8 Å². The zero-order valence-corrected chi connectivity index (χ0v) is 14.7. The summed E-state index contributed by atoms with van der Waals surface area (Å²) in [5, 5.41) is 8.94. The minimum atomic E-state index is -0.184. The Morgan fingerprint density at radius 1 is 0.960 bits per heavy atom. The number of benzene rings is 2. The van der Waals surface area contributed by atoms with E-state index in [1.165, 1.54) is 25.7 Å². The molecule has 3 aromatic rings. The quantitative estimate of drug-likeness (QED) is 0.731. The number of H-pyrrole nitrogens is 1. The van der Waals surface area contributed by atoms with Crippen molar-refractivity contribution in [3.8, 4) is 11.3 Å². The molecule has 1 saturated heterocycles. The highest BCUT2D eigenvalue weighted by molar-refractivity contribution is 6.34. The largest absolute Gasteiger partial charge is 0.371 e. The van der Waals surface area contributed by atoms with E-state index in [1.54, 1.807) is 6.07 Å². The summed E-state index contributed by atoms with van der Waals surface area (Å²) >= 11 is 6.61. The molecule has 0 amide bonds. The summed E-state index contributed by atoms with van der Waals surface area (Å²) in [6.45, 7) is 2.16. The number of hydrogen-bond donors (Lipinski definition) is 1. The van der Waals surface area contributed by atoms with Gasteiger partial charge in [-0.25, -0.2) is 5.10 Å². The second kappa shape index (κ2) is 6.89. The standard InChI is InChI=1S/C20H20ClN3O/c21-18-13-14(24-11-5-1-2-6-12-24)9-10-17(18)19-15-7-3-4-8-16(15)20(25)23-22-19/h3-4,7-10,13H,1-2,5-6,11-12H2,(H,23,25). The van der Waals surface area contributed by atoms with Gasteiger partial charge in [-0.2, -0.15) is 5.10 Å². The highest BCUT2D eigenvalue weighted by Gasteiger charge is 2.15. The van der Waals surface area contributed by atoms with E-state index in [2.05, 4.69) is 21.2 Å². The Morgan fingerprint density at radius 3 is 2.40 bits per heavy atom. The van der Waals surface area contributed by atoms with Crippen LogP contribution in [-0.2, 0) is 0 Å². The van der Waals surface area contributed by atoms with Gasteiger partial charge in [-0.15, -0.1) is 0 Å². The van der Waals surface area contributed by atoms with Crippen LogP contribution in [0, 0.1) is 0 Å². The molecule has 128 valence electrons. The first kappa shape index (κ1) is 16.2. The molecule has 1 fully saturated rings. The topological polar surface area (TPSA) is 49.0 Å². The van der Waals surface area contributed by atoms with Crippen molar-refractivity contribution in [2.24, 2.45) is 0 Å². The summed E-state index contributed by atoms with van der Waals surface area (Å²) < 4.78 is 0. The van der Waals surface area contributed by atoms with Gasteiger partial charge >= 0.3 is 0 Å². The molecule has 4 nitrogen and oxygen atoms in total. The van der Waals surface area contributed by atoms with E-state index in [4.69, 9.17) is 11.6 Å². The van der Waals surface area contributed by atoms with Gasteiger partial charge in [0.25, 0.3) is 5.56 Å². The van der Waals surface area contributed by atoms with Crippen LogP contribution in [0.25, 0.3) is 22.0 Å². The maximum atomic E-state index is 12.0. The van der Waals surface area contributed by atoms with E-state index in [0.29, 0.717) is 16.1 Å². The molecular formula is C20H20ClN3O. The number of nitrogens with zero attached hydrogens (tertiary/aromatic N) is 2. The maximum Gasteiger partial charge on any atom is 0.272 e. The smallest absolute Gasteiger partial charge is 0.272 e. The van der Waals surface area contributed by atoms with Crippen LogP contribution in [0.3, 0.4) is 0 Å². The van der Waals surface area contributed by atoms with E-state index >= 15 is 0 Å². The first-order valence-corrected chi connectivity index (χ1v) is 9.14. The molecule has 1 aliphatic heterocycles. The Kier molecular flexibility index (Phi) is 4.45. The molecule has 1 N–H and O–H groups in total. The number of aromatic amines is 1. The Morgan fingerprint density at radius 2 is 1.68 bits per heavy atom. The Balaban J connectivity index is 1.77. The monoisotopic (exact) mass is 353 g/mol. The van der Waals surface area contributed by atoms with Crippen molar-refractivity contribution in [3.63, 3.8) is 0 Å². The summed E-state index contributed by atoms with van der Waals surface area (Å²) in [6.07, 6.45) is 5.06. The number of rotatable bonds is 2. The zero-order chi connectivity index (χ0) is 17.2. The molecule has 2 aromatic carbocycles. The van der Waals surface area contributed by atoms with Crippen molar-refractivity contribution in [2.75, 3.05) is 18.0 Å². The van der Waals surface area contributed by atoms with Gasteiger partial charge in [0.05, 0.1) is 10.4 Å². The maximum absolute atomic E-state index is 12.0. The lowest BCUT2D eigenvalue weighted by Gasteiger charge is -2.23. The van der Waals surface area contributed by atoms with Crippen LogP contribution in [0.2, 0.25) is 5.02 Å². The van der Waals surface area contributed by atoms with Gasteiger partial charge in [0.2, 0.25) is 0 Å². The Bertz CT molecular complexity index is 959. The molecule has 0 unspecified atom stereocenters. The zero-order valence-electron chi connectivity index (χ0n) is 14.0. The first-order chi connectivity index (χ1) is 12.2. The fraction of sp³-hybridized carbons (Fsp3) is 0.300. The predicted molar refractivity (Wildman–Crippen MR) is 103 cm³/mol. The second-order valence-electron chi connectivity index (χ2n) is 6.51. The summed E-state index contributed by atoms with van der Waals surface area (Å²) in [4.78, 5) is 14.4. The van der Waals surface area contributed by atoms with Crippen LogP contribution < -0.4 is 10.5 Å². The molecule has 5 heteroatoms. The van der Waals surface area contributed by atoms with Gasteiger partial charge in [0.15, 0.2) is 0 Å². The molecule has 0 bridgehead atoms. The van der Waals surface area contributed by atoms with Crippen molar-refractivity contribution >= 4 is 28.1 Å². The van der Waals surface area contributed by atoms with E-state index in [1.807, 2.05) is 30.3 Å². The molecule has 1 aromatic heterocycles. The predicted octanol–water partition coefficient (Wildman–Crippen LogP) is 4.62. The van der Waals surface area contributed by atoms with Crippen LogP contribution in [0.5, 0.6) is 0 Å². The number of aromatic nitrogens is 2. The highest BCUT2D eigenvalue weighted by atomic mass is 35.5. The number of nitrogens with one attached hydrogen (secondary N) is 1. The van der Waals surface area contributed by atoms with Crippen LogP contribution >= 0.6 is 11.6 Å². The SMILES string of the molecule is O=c1[nH]nc(-c2ccc(N3CCCCCC3)cc2Cl)c2ccccc12. The van der Waals surface area contributed by atoms with Crippen molar-refractivity contribution in [1.82, 2.24) is 10.2 Å². The third-order valence-electron chi connectivity index (χ3n) is 4.88. The number of anilines is 1. The van der Waals surface area contributed by atoms with Gasteiger partial charge in [-0.05, 0) is 37.1 Å². The number of halogens is 1. The molecule has 4 rings (SSSR count). The molecular weight excluding hydrogens is 334 g/mol. The molecule has 0 aliphatic carbocycles. The fourth-order valence-corrected chi connectivity index (χ4v) is 3.81. The van der Waals surface area contributed by atoms with E-state index in [9.17, 15) is 4.79 Å². The summed E-state index contributed by atoms with van der Waals surface area (Å²) in [5.74, 6) is 0. The molecule has 25 heavy (non-hydrogen) atoms. The van der Waals surface area contributed by atoms with Gasteiger partial charge in [-0.3, -0.25) is 4.79 Å². The molecule has 0 radical (unpaired) electrons. The normalized spacial score (nSPS) is 15.3. The minimum absolute atomic E-state index is 0.184. The van der Waals surface area contributed by atoms with Crippen molar-refractivity contribution in [1.29, 1.82) is 0 Å². The Labute approximate surface area is 151 Å². The first-order valence-electron chi connectivity index (χ1n) is 8.76. The van der Waals surface area contributed by atoms with Gasteiger partial charge in [0.1, 0.15) is 5.69 Å². The van der Waals surface area contributed by atoms with E-state index < -0.39 is 0 Å². The Hall–Kier alpha value is -2.33. The van der Waals surface area contributed by atoms with Crippen molar-refractivity contribution in [2.45, 2.75) is 25.7 Å². The van der Waals surface area contributed by atoms with Crippen LogP contribution in [-0.4, -0.2) is 23.3 Å². The van der Waals surface area contributed by atoms with Gasteiger partial charge in [-0.1, -0.05) is 42.6 Å². The third kappa shape index (κ3) is 3.14. The lowest BCUT2D eigenvalue weighted by molar-refractivity contribution is 0.726. The lowest BCUT2D eigenvalue weighted by atomic mass is 10.0. The summed E-state index contributed by atoms with van der Waals surface area (Å²) in [7, 11) is 0. The second-order valence-corrected chi connectivity index (χ2v) is 6.92. The number of hydrogen-bond acceptors (Lipinski definition) is 3. The van der Waals surface area contributed by atoms with Crippen LogP contribution in [0.15, 0.2) is 47.3 Å². The molecule has 2 heterocycles. The lowest BCUT2D eigenvalue weighted by Crippen LogP contribution is -2.23. The van der Waals surface area contributed by atoms with E-state index in [0.717, 1.165) is 29.7 Å². The minimum Gasteiger partial charge on any atom is -0.371 e. The fourth-order valence-electron chi connectivity index (χ4n) is 3.54. The van der Waals surface area contributed by atoms with Crippen LogP contribution in [0.1, 0.15) is 25.7 Å². The third-order valence-corrected chi connectivity index (χ3v) is 5.19. The molecule has 0 saturated carbocycles. The molecule has 0 spiro atoms. The molecule has 0 atom stereocenters.